The minimum atomic E-state index is -5.57. The van der Waals surface area contributed by atoms with E-state index in [-0.39, 0.29) is 0 Å². The number of thiazole rings is 1. The summed E-state index contributed by atoms with van der Waals surface area (Å²) in [6.45, 7) is 0. The molecule has 1 N–H and O–H groups in total. The van der Waals surface area contributed by atoms with E-state index >= 15 is 0 Å². The van der Waals surface area contributed by atoms with E-state index in [1.807, 2.05) is 0 Å². The number of methoxy groups -OCH3 is 1. The highest BCUT2D eigenvalue weighted by Gasteiger charge is 2.46. The van der Waals surface area contributed by atoms with E-state index in [0.29, 0.717) is 27.4 Å². The largest absolute Gasteiger partial charge is 0.516 e. The number of hydrogen-bond donors (Lipinski definition) is 1. The lowest BCUT2D eigenvalue weighted by Gasteiger charge is -2.07. The van der Waals surface area contributed by atoms with Crippen LogP contribution in [0.1, 0.15) is 0 Å². The van der Waals surface area contributed by atoms with Gasteiger partial charge in [0.1, 0.15) is 5.75 Å². The van der Waals surface area contributed by atoms with E-state index in [0.717, 1.165) is 11.3 Å². The van der Waals surface area contributed by atoms with Gasteiger partial charge in [0.25, 0.3) is 0 Å². The summed E-state index contributed by atoms with van der Waals surface area (Å²) < 4.78 is 67.3. The maximum atomic E-state index is 12.7. The maximum Gasteiger partial charge on any atom is 0.516 e. The lowest BCUT2D eigenvalue weighted by Crippen LogP contribution is -2.29. The number of pyridine rings is 1. The number of ether oxygens (including phenoxy) is 1. The third kappa shape index (κ3) is 4.03. The Balaban J connectivity index is 2.09. The molecule has 0 spiro atoms. The number of sulfonamides is 1. The second-order valence-corrected chi connectivity index (χ2v) is 7.89. The normalized spacial score (nSPS) is 12.0. The van der Waals surface area contributed by atoms with E-state index in [4.69, 9.17) is 4.74 Å². The van der Waals surface area contributed by atoms with Gasteiger partial charge >= 0.3 is 15.5 Å². The van der Waals surface area contributed by atoms with Crippen molar-refractivity contribution >= 4 is 26.5 Å². The van der Waals surface area contributed by atoms with E-state index < -0.39 is 20.7 Å². The number of nitrogens with one attached hydrogen (secondary N) is 1. The van der Waals surface area contributed by atoms with Crippen molar-refractivity contribution < 1.29 is 26.3 Å². The summed E-state index contributed by atoms with van der Waals surface area (Å²) in [5.74, 6) is 0.593. The van der Waals surface area contributed by atoms with Gasteiger partial charge in [0.2, 0.25) is 0 Å². The number of nitrogens with zero attached hydrogens (tertiary/aromatic N) is 2. The highest BCUT2D eigenvalue weighted by Crippen LogP contribution is 2.40. The SMILES string of the molecule is COc1ccc(-c2nc(NS(=O)(=O)C(F)(F)F)sc2-c2cccnc2)cc1. The van der Waals surface area contributed by atoms with Crippen molar-refractivity contribution in [3.8, 4) is 27.4 Å². The van der Waals surface area contributed by atoms with E-state index in [9.17, 15) is 21.6 Å². The summed E-state index contributed by atoms with van der Waals surface area (Å²) in [7, 11) is -4.06. The summed E-state index contributed by atoms with van der Waals surface area (Å²) in [6, 6.07) is 10.1. The highest BCUT2D eigenvalue weighted by atomic mass is 32.2. The van der Waals surface area contributed by atoms with Gasteiger partial charge in [-0.2, -0.15) is 21.6 Å². The molecule has 2 heterocycles. The first-order valence-electron chi connectivity index (χ1n) is 7.36. The molecule has 0 aliphatic rings. The van der Waals surface area contributed by atoms with Crippen LogP contribution in [0.2, 0.25) is 0 Å². The molecule has 0 aliphatic carbocycles. The van der Waals surface area contributed by atoms with Crippen molar-refractivity contribution in [1.29, 1.82) is 0 Å². The zero-order valence-corrected chi connectivity index (χ0v) is 15.3. The average Bonchev–Trinajstić information content (AvgIpc) is 3.04. The number of halogens is 3. The van der Waals surface area contributed by atoms with Gasteiger partial charge in [-0.15, -0.1) is 0 Å². The Morgan fingerprint density at radius 1 is 1.11 bits per heavy atom. The lowest BCUT2D eigenvalue weighted by atomic mass is 10.1. The number of alkyl halides is 3. The standard InChI is InChI=1S/C16H12F3N3O3S2/c1-25-12-6-4-10(5-7-12)13-14(11-3-2-8-20-9-11)26-15(21-13)22-27(23,24)16(17,18)19/h2-9H,1H3,(H,21,22). The second kappa shape index (κ2) is 7.16. The van der Waals surface area contributed by atoms with Crippen LogP contribution in [0.3, 0.4) is 0 Å². The molecule has 3 aromatic rings. The van der Waals surface area contributed by atoms with Crippen LogP contribution in [-0.2, 0) is 10.0 Å². The Hall–Kier alpha value is -2.66. The van der Waals surface area contributed by atoms with E-state index in [1.165, 1.54) is 18.0 Å². The van der Waals surface area contributed by atoms with Crippen molar-refractivity contribution in [1.82, 2.24) is 9.97 Å². The van der Waals surface area contributed by atoms with Crippen LogP contribution in [0.4, 0.5) is 18.3 Å². The molecule has 142 valence electrons. The molecular weight excluding hydrogens is 403 g/mol. The average molecular weight is 415 g/mol. The Morgan fingerprint density at radius 2 is 1.81 bits per heavy atom. The molecule has 0 saturated heterocycles. The molecule has 6 nitrogen and oxygen atoms in total. The number of hydrogen-bond acceptors (Lipinski definition) is 6. The highest BCUT2D eigenvalue weighted by molar-refractivity contribution is 7.93. The third-order valence-corrected chi connectivity index (χ3v) is 5.66. The maximum absolute atomic E-state index is 12.7. The van der Waals surface area contributed by atoms with E-state index in [1.54, 1.807) is 42.6 Å². The van der Waals surface area contributed by atoms with Crippen molar-refractivity contribution in [2.45, 2.75) is 5.51 Å². The zero-order chi connectivity index (χ0) is 19.7. The number of rotatable bonds is 5. The van der Waals surface area contributed by atoms with Gasteiger partial charge in [0.15, 0.2) is 5.13 Å². The lowest BCUT2D eigenvalue weighted by molar-refractivity contribution is -0.0429. The molecular formula is C16H12F3N3O3S2. The number of aromatic nitrogens is 2. The summed E-state index contributed by atoms with van der Waals surface area (Å²) >= 11 is 0.788. The van der Waals surface area contributed by atoms with Crippen molar-refractivity contribution in [2.24, 2.45) is 0 Å². The van der Waals surface area contributed by atoms with Crippen LogP contribution in [-0.4, -0.2) is 31.0 Å². The molecule has 0 bridgehead atoms. The van der Waals surface area contributed by atoms with Crippen LogP contribution in [0.15, 0.2) is 48.8 Å². The van der Waals surface area contributed by atoms with Crippen LogP contribution >= 0.6 is 11.3 Å². The van der Waals surface area contributed by atoms with Crippen LogP contribution < -0.4 is 9.46 Å². The summed E-state index contributed by atoms with van der Waals surface area (Å²) in [6.07, 6.45) is 3.06. The van der Waals surface area contributed by atoms with Gasteiger partial charge < -0.3 is 4.74 Å². The summed E-state index contributed by atoms with van der Waals surface area (Å²) in [4.78, 5) is 8.54. The molecule has 0 atom stereocenters. The minimum absolute atomic E-state index is 0.329. The summed E-state index contributed by atoms with van der Waals surface area (Å²) in [5.41, 5.74) is -3.93. The molecule has 0 fully saturated rings. The Morgan fingerprint density at radius 3 is 2.37 bits per heavy atom. The summed E-state index contributed by atoms with van der Waals surface area (Å²) in [5, 5.41) is -0.392. The molecule has 1 aromatic carbocycles. The van der Waals surface area contributed by atoms with Gasteiger partial charge in [-0.25, -0.2) is 4.98 Å². The quantitative estimate of drug-likeness (QED) is 0.677. The molecule has 0 radical (unpaired) electrons. The topological polar surface area (TPSA) is 81.2 Å². The third-order valence-electron chi connectivity index (χ3n) is 3.44. The van der Waals surface area contributed by atoms with Crippen molar-refractivity contribution in [3.05, 3.63) is 48.8 Å². The first-order chi connectivity index (χ1) is 12.7. The molecule has 0 amide bonds. The van der Waals surface area contributed by atoms with Crippen molar-refractivity contribution in [2.75, 3.05) is 11.8 Å². The van der Waals surface area contributed by atoms with Gasteiger partial charge in [-0.3, -0.25) is 9.71 Å². The van der Waals surface area contributed by atoms with Gasteiger partial charge in [-0.05, 0) is 30.3 Å². The predicted molar refractivity (Wildman–Crippen MR) is 95.9 cm³/mol. The fourth-order valence-corrected chi connectivity index (χ4v) is 3.89. The zero-order valence-electron chi connectivity index (χ0n) is 13.7. The van der Waals surface area contributed by atoms with Gasteiger partial charge in [0, 0.05) is 23.5 Å². The molecule has 3 rings (SSSR count). The molecule has 0 saturated carbocycles. The molecule has 0 aliphatic heterocycles. The second-order valence-electron chi connectivity index (χ2n) is 5.22. The first-order valence-corrected chi connectivity index (χ1v) is 9.66. The van der Waals surface area contributed by atoms with Gasteiger partial charge in [0.05, 0.1) is 17.7 Å². The smallest absolute Gasteiger partial charge is 0.497 e. The van der Waals surface area contributed by atoms with E-state index in [2.05, 4.69) is 9.97 Å². The molecule has 2 aromatic heterocycles. The van der Waals surface area contributed by atoms with Crippen LogP contribution in [0.5, 0.6) is 5.75 Å². The fraction of sp³-hybridized carbons (Fsp3) is 0.125. The van der Waals surface area contributed by atoms with Gasteiger partial charge in [-0.1, -0.05) is 17.4 Å². The van der Waals surface area contributed by atoms with Crippen molar-refractivity contribution in [3.63, 3.8) is 0 Å². The molecule has 0 unspecified atom stereocenters. The minimum Gasteiger partial charge on any atom is -0.497 e. The predicted octanol–water partition coefficient (Wildman–Crippen LogP) is 4.14. The number of anilines is 1. The molecule has 27 heavy (non-hydrogen) atoms. The Bertz CT molecular complexity index is 1030. The van der Waals surface area contributed by atoms with Crippen LogP contribution in [0.25, 0.3) is 21.7 Å². The van der Waals surface area contributed by atoms with Crippen LogP contribution in [0, 0.1) is 0 Å². The number of benzene rings is 1. The monoisotopic (exact) mass is 415 g/mol. The fourth-order valence-electron chi connectivity index (χ4n) is 2.17. The molecule has 11 heteroatoms. The Labute approximate surface area is 156 Å². The Kier molecular flexibility index (Phi) is 5.07. The first kappa shape index (κ1) is 19.1.